The first-order valence-electron chi connectivity index (χ1n) is 10.9. The summed E-state index contributed by atoms with van der Waals surface area (Å²) in [5, 5.41) is 13.2. The number of hydrogen-bond donors (Lipinski definition) is 1. The van der Waals surface area contributed by atoms with Gasteiger partial charge in [0.2, 0.25) is 11.8 Å². The average molecular weight is 474 g/mol. The third-order valence-corrected chi connectivity index (χ3v) is 6.14. The summed E-state index contributed by atoms with van der Waals surface area (Å²) in [5.74, 6) is 1.86. The lowest BCUT2D eigenvalue weighted by Crippen LogP contribution is -2.50. The van der Waals surface area contributed by atoms with E-state index in [-0.39, 0.29) is 6.03 Å². The van der Waals surface area contributed by atoms with Crippen molar-refractivity contribution in [3.63, 3.8) is 0 Å². The van der Waals surface area contributed by atoms with Crippen molar-refractivity contribution in [3.8, 4) is 11.6 Å². The molecule has 2 aromatic carbocycles. The number of piperazine rings is 1. The van der Waals surface area contributed by atoms with E-state index in [1.54, 1.807) is 11.2 Å². The van der Waals surface area contributed by atoms with Gasteiger partial charge in [-0.3, -0.25) is 0 Å². The number of para-hydroxylation sites is 1. The number of urea groups is 1. The Kier molecular flexibility index (Phi) is 5.03. The Labute approximate surface area is 199 Å². The van der Waals surface area contributed by atoms with E-state index < -0.39 is 0 Å². The van der Waals surface area contributed by atoms with Crippen molar-refractivity contribution in [2.45, 2.75) is 0 Å². The normalized spacial score (nSPS) is 14.1. The lowest BCUT2D eigenvalue weighted by molar-refractivity contribution is 0.208. The maximum absolute atomic E-state index is 12.7. The second-order valence-electron chi connectivity index (χ2n) is 8.00. The van der Waals surface area contributed by atoms with E-state index in [0.717, 1.165) is 16.6 Å². The van der Waals surface area contributed by atoms with Gasteiger partial charge in [0.1, 0.15) is 0 Å². The predicted octanol–water partition coefficient (Wildman–Crippen LogP) is 4.55. The average Bonchev–Trinajstić information content (AvgIpc) is 3.54. The molecule has 0 bridgehead atoms. The second kappa shape index (κ2) is 8.35. The summed E-state index contributed by atoms with van der Waals surface area (Å²) >= 11 is 6.25. The zero-order valence-electron chi connectivity index (χ0n) is 18.1. The summed E-state index contributed by atoms with van der Waals surface area (Å²) in [6, 6.07) is 18.5. The van der Waals surface area contributed by atoms with E-state index >= 15 is 0 Å². The van der Waals surface area contributed by atoms with Gasteiger partial charge in [0.15, 0.2) is 11.4 Å². The fourth-order valence-electron chi connectivity index (χ4n) is 4.20. The number of carbonyl (C=O) groups excluding carboxylic acids is 1. The first-order chi connectivity index (χ1) is 16.7. The molecule has 6 rings (SSSR count). The zero-order valence-corrected chi connectivity index (χ0v) is 18.8. The molecule has 0 spiro atoms. The lowest BCUT2D eigenvalue weighted by atomic mass is 10.2. The Balaban J connectivity index is 1.34. The molecular weight excluding hydrogens is 454 g/mol. The Morgan fingerprint density at radius 1 is 0.971 bits per heavy atom. The molecule has 0 atom stereocenters. The molecule has 1 N–H and O–H groups in total. The van der Waals surface area contributed by atoms with Crippen LogP contribution in [0.5, 0.6) is 0 Å². The number of furan rings is 1. The van der Waals surface area contributed by atoms with Crippen LogP contribution in [0.15, 0.2) is 71.3 Å². The molecule has 3 aromatic heterocycles. The topological polar surface area (TPSA) is 91.8 Å². The molecule has 1 saturated heterocycles. The van der Waals surface area contributed by atoms with Crippen molar-refractivity contribution in [1.29, 1.82) is 0 Å². The molecule has 0 saturated carbocycles. The quantitative estimate of drug-likeness (QED) is 0.413. The van der Waals surface area contributed by atoms with Gasteiger partial charge in [0, 0.05) is 42.3 Å². The highest BCUT2D eigenvalue weighted by Gasteiger charge is 2.26. The molecule has 1 aliphatic rings. The second-order valence-corrected chi connectivity index (χ2v) is 8.44. The largest absolute Gasteiger partial charge is 0.461 e. The molecule has 2 amide bonds. The third-order valence-electron chi connectivity index (χ3n) is 5.90. The number of nitrogens with zero attached hydrogens (tertiary/aromatic N) is 6. The van der Waals surface area contributed by atoms with Crippen molar-refractivity contribution in [2.75, 3.05) is 36.4 Å². The highest BCUT2D eigenvalue weighted by Crippen LogP contribution is 2.30. The minimum atomic E-state index is -0.116. The molecule has 9 nitrogen and oxygen atoms in total. The van der Waals surface area contributed by atoms with Crippen molar-refractivity contribution in [3.05, 3.63) is 71.9 Å². The van der Waals surface area contributed by atoms with Crippen molar-refractivity contribution in [1.82, 2.24) is 24.5 Å². The van der Waals surface area contributed by atoms with Gasteiger partial charge < -0.3 is 19.5 Å². The van der Waals surface area contributed by atoms with E-state index in [9.17, 15) is 4.79 Å². The standard InChI is InChI=1S/C24H20ClN7O2/c25-16-8-9-18-19(15-16)27-23(32-21(18)28-29-22(32)20-7-4-14-34-20)30-10-12-31(13-11-30)24(33)26-17-5-2-1-3-6-17/h1-9,14-15H,10-13H2,(H,26,33). The lowest BCUT2D eigenvalue weighted by Gasteiger charge is -2.35. The fraction of sp³-hybridized carbons (Fsp3) is 0.167. The number of halogens is 1. The minimum absolute atomic E-state index is 0.116. The summed E-state index contributed by atoms with van der Waals surface area (Å²) in [6.07, 6.45) is 1.61. The van der Waals surface area contributed by atoms with Crippen LogP contribution in [0, 0.1) is 0 Å². The Bertz CT molecular complexity index is 1480. The van der Waals surface area contributed by atoms with Crippen LogP contribution in [-0.2, 0) is 0 Å². The molecule has 0 radical (unpaired) electrons. The molecule has 1 fully saturated rings. The minimum Gasteiger partial charge on any atom is -0.461 e. The van der Waals surface area contributed by atoms with Crippen LogP contribution in [0.2, 0.25) is 5.02 Å². The van der Waals surface area contributed by atoms with Gasteiger partial charge in [-0.25, -0.2) is 14.2 Å². The van der Waals surface area contributed by atoms with Crippen LogP contribution < -0.4 is 10.2 Å². The van der Waals surface area contributed by atoms with Gasteiger partial charge in [-0.2, -0.15) is 0 Å². The molecule has 5 aromatic rings. The van der Waals surface area contributed by atoms with Gasteiger partial charge in [0.05, 0.1) is 11.8 Å². The van der Waals surface area contributed by atoms with E-state index in [1.807, 2.05) is 65.1 Å². The van der Waals surface area contributed by atoms with Crippen LogP contribution in [0.1, 0.15) is 0 Å². The van der Waals surface area contributed by atoms with Gasteiger partial charge >= 0.3 is 6.03 Å². The number of fused-ring (bicyclic) bond motifs is 3. The molecule has 10 heteroatoms. The Hall–Kier alpha value is -4.11. The monoisotopic (exact) mass is 473 g/mol. The maximum Gasteiger partial charge on any atom is 0.321 e. The van der Waals surface area contributed by atoms with E-state index in [2.05, 4.69) is 20.4 Å². The van der Waals surface area contributed by atoms with Crippen molar-refractivity contribution < 1.29 is 9.21 Å². The number of amides is 2. The number of aromatic nitrogens is 4. The Morgan fingerprint density at radius 3 is 2.56 bits per heavy atom. The fourth-order valence-corrected chi connectivity index (χ4v) is 4.37. The molecule has 1 aliphatic heterocycles. The van der Waals surface area contributed by atoms with Crippen LogP contribution in [0.4, 0.5) is 16.4 Å². The number of rotatable bonds is 3. The predicted molar refractivity (Wildman–Crippen MR) is 130 cm³/mol. The summed E-state index contributed by atoms with van der Waals surface area (Å²) in [5.41, 5.74) is 2.18. The SMILES string of the molecule is O=C(Nc1ccccc1)N1CCN(c2nc3cc(Cl)ccc3c3nnc(-c4ccco4)n23)CC1. The summed E-state index contributed by atoms with van der Waals surface area (Å²) in [4.78, 5) is 21.6. The molecule has 4 heterocycles. The highest BCUT2D eigenvalue weighted by molar-refractivity contribution is 6.31. The van der Waals surface area contributed by atoms with Crippen LogP contribution >= 0.6 is 11.6 Å². The summed E-state index contributed by atoms with van der Waals surface area (Å²) < 4.78 is 7.52. The Morgan fingerprint density at radius 2 is 1.79 bits per heavy atom. The third kappa shape index (κ3) is 3.60. The molecule has 170 valence electrons. The molecule has 0 unspecified atom stereocenters. The first-order valence-corrected chi connectivity index (χ1v) is 11.3. The van der Waals surface area contributed by atoms with Crippen LogP contribution in [0.3, 0.4) is 0 Å². The van der Waals surface area contributed by atoms with E-state index in [4.69, 9.17) is 21.0 Å². The van der Waals surface area contributed by atoms with Gasteiger partial charge in [-0.1, -0.05) is 29.8 Å². The number of anilines is 2. The molecular formula is C24H20ClN7O2. The maximum atomic E-state index is 12.7. The van der Waals surface area contributed by atoms with Crippen molar-refractivity contribution in [2.24, 2.45) is 0 Å². The van der Waals surface area contributed by atoms with Gasteiger partial charge in [-0.15, -0.1) is 10.2 Å². The van der Waals surface area contributed by atoms with Crippen LogP contribution in [-0.4, -0.2) is 56.7 Å². The van der Waals surface area contributed by atoms with E-state index in [0.29, 0.717) is 54.4 Å². The number of benzene rings is 2. The van der Waals surface area contributed by atoms with Crippen molar-refractivity contribution >= 4 is 45.8 Å². The van der Waals surface area contributed by atoms with Crippen LogP contribution in [0.25, 0.3) is 28.1 Å². The summed E-state index contributed by atoms with van der Waals surface area (Å²) in [6.45, 7) is 2.31. The number of nitrogens with one attached hydrogen (secondary N) is 1. The smallest absolute Gasteiger partial charge is 0.321 e. The van der Waals surface area contributed by atoms with E-state index in [1.165, 1.54) is 0 Å². The van der Waals surface area contributed by atoms with Gasteiger partial charge in [-0.05, 0) is 42.5 Å². The first kappa shape index (κ1) is 20.5. The summed E-state index contributed by atoms with van der Waals surface area (Å²) in [7, 11) is 0. The van der Waals surface area contributed by atoms with Gasteiger partial charge in [0.25, 0.3) is 0 Å². The molecule has 34 heavy (non-hydrogen) atoms. The number of carbonyl (C=O) groups is 1. The number of hydrogen-bond acceptors (Lipinski definition) is 6. The molecule has 0 aliphatic carbocycles. The highest BCUT2D eigenvalue weighted by atomic mass is 35.5. The zero-order chi connectivity index (χ0) is 23.1.